The molecule has 1 aliphatic carbocycles. The quantitative estimate of drug-likeness (QED) is 0.345. The maximum absolute atomic E-state index is 12.6. The van der Waals surface area contributed by atoms with Crippen LogP contribution in [0.4, 0.5) is 0 Å². The summed E-state index contributed by atoms with van der Waals surface area (Å²) in [6.07, 6.45) is 0.801. The van der Waals surface area contributed by atoms with Crippen LogP contribution in [-0.2, 0) is 26.0 Å². The standard InChI is InChI=1S/C27H26O7S/c1-19-12-13-24(35(30,31)32)22(14-19)15-27(18-34-26(29)21-10-6-3-7-11-21)16-23(27)17-33-25(28)20-8-4-2-5-9-20/h2-14,23H,15-18H2,1H3,(H,30,31,32)/t23-,27-/m0/s1. The molecule has 4 rings (SSSR count). The van der Waals surface area contributed by atoms with Crippen molar-refractivity contribution < 1.29 is 32.0 Å². The molecule has 0 spiro atoms. The Bertz CT molecular complexity index is 1320. The average Bonchev–Trinajstić information content (AvgIpc) is 3.53. The van der Waals surface area contributed by atoms with Crippen molar-refractivity contribution in [2.24, 2.45) is 11.3 Å². The van der Waals surface area contributed by atoms with Gasteiger partial charge in [-0.1, -0.05) is 54.1 Å². The fourth-order valence-corrected chi connectivity index (χ4v) is 4.99. The second-order valence-corrected chi connectivity index (χ2v) is 10.3. The molecule has 0 saturated heterocycles. The number of carbonyl (C=O) groups excluding carboxylic acids is 2. The SMILES string of the molecule is Cc1ccc(S(=O)(=O)O)c(C[C@@]2(COC(=O)c3ccccc3)C[C@H]2COC(=O)c2ccccc2)c1. The second-order valence-electron chi connectivity index (χ2n) is 8.93. The van der Waals surface area contributed by atoms with E-state index in [0.29, 0.717) is 23.1 Å². The van der Waals surface area contributed by atoms with E-state index in [4.69, 9.17) is 9.47 Å². The van der Waals surface area contributed by atoms with Gasteiger partial charge in [0.1, 0.15) is 0 Å². The van der Waals surface area contributed by atoms with Crippen molar-refractivity contribution in [3.63, 3.8) is 0 Å². The van der Waals surface area contributed by atoms with Crippen molar-refractivity contribution in [1.82, 2.24) is 0 Å². The fourth-order valence-electron chi connectivity index (χ4n) is 4.29. The average molecular weight is 495 g/mol. The van der Waals surface area contributed by atoms with Crippen molar-refractivity contribution in [2.45, 2.75) is 24.7 Å². The third-order valence-electron chi connectivity index (χ3n) is 6.32. The molecule has 2 atom stereocenters. The van der Waals surface area contributed by atoms with E-state index < -0.39 is 27.5 Å². The van der Waals surface area contributed by atoms with Crippen LogP contribution < -0.4 is 0 Å². The molecule has 7 nitrogen and oxygen atoms in total. The largest absolute Gasteiger partial charge is 0.462 e. The number of hydrogen-bond donors (Lipinski definition) is 1. The highest BCUT2D eigenvalue weighted by Gasteiger charge is 2.56. The predicted octanol–water partition coefficient (Wildman–Crippen LogP) is 4.50. The van der Waals surface area contributed by atoms with Gasteiger partial charge >= 0.3 is 11.9 Å². The first kappa shape index (κ1) is 24.6. The molecule has 8 heteroatoms. The monoisotopic (exact) mass is 494 g/mol. The summed E-state index contributed by atoms with van der Waals surface area (Å²) >= 11 is 0. The molecule has 0 aliphatic heterocycles. The highest BCUT2D eigenvalue weighted by molar-refractivity contribution is 7.85. The summed E-state index contributed by atoms with van der Waals surface area (Å²) in [7, 11) is -4.44. The molecule has 182 valence electrons. The van der Waals surface area contributed by atoms with Crippen molar-refractivity contribution in [1.29, 1.82) is 0 Å². The van der Waals surface area contributed by atoms with E-state index in [2.05, 4.69) is 0 Å². The Morgan fingerprint density at radius 2 is 1.49 bits per heavy atom. The zero-order valence-electron chi connectivity index (χ0n) is 19.2. The van der Waals surface area contributed by atoms with E-state index in [0.717, 1.165) is 5.56 Å². The molecule has 3 aromatic carbocycles. The molecule has 0 aromatic heterocycles. The van der Waals surface area contributed by atoms with Gasteiger partial charge in [-0.05, 0) is 55.7 Å². The molecule has 35 heavy (non-hydrogen) atoms. The molecule has 0 bridgehead atoms. The predicted molar refractivity (Wildman–Crippen MR) is 129 cm³/mol. The lowest BCUT2D eigenvalue weighted by molar-refractivity contribution is 0.0335. The number of rotatable bonds is 9. The minimum Gasteiger partial charge on any atom is -0.462 e. The minimum atomic E-state index is -4.44. The summed E-state index contributed by atoms with van der Waals surface area (Å²) in [6, 6.07) is 21.9. The van der Waals surface area contributed by atoms with Gasteiger partial charge in [-0.2, -0.15) is 8.42 Å². The Balaban J connectivity index is 1.53. The lowest BCUT2D eigenvalue weighted by Gasteiger charge is -2.20. The number of esters is 2. The Hall–Kier alpha value is -3.49. The van der Waals surface area contributed by atoms with Crippen LogP contribution in [0.2, 0.25) is 0 Å². The van der Waals surface area contributed by atoms with Gasteiger partial charge in [0, 0.05) is 11.3 Å². The fraction of sp³-hybridized carbons (Fsp3) is 0.259. The van der Waals surface area contributed by atoms with E-state index >= 15 is 0 Å². The molecule has 1 fully saturated rings. The lowest BCUT2D eigenvalue weighted by Crippen LogP contribution is -2.23. The summed E-state index contributed by atoms with van der Waals surface area (Å²) in [6.45, 7) is 1.95. The Kier molecular flexibility index (Phi) is 7.05. The molecule has 0 unspecified atom stereocenters. The Labute approximate surface area is 204 Å². The number of ether oxygens (including phenoxy) is 2. The molecule has 0 heterocycles. The molecular formula is C27H26O7S. The van der Waals surface area contributed by atoms with Crippen molar-refractivity contribution in [3.05, 3.63) is 101 Å². The van der Waals surface area contributed by atoms with E-state index in [-0.39, 0.29) is 30.4 Å². The highest BCUT2D eigenvalue weighted by Crippen LogP contribution is 2.55. The zero-order valence-corrected chi connectivity index (χ0v) is 20.0. The van der Waals surface area contributed by atoms with Crippen LogP contribution >= 0.6 is 0 Å². The minimum absolute atomic E-state index is 0.0210. The molecule has 3 aromatic rings. The summed E-state index contributed by atoms with van der Waals surface area (Å²) in [4.78, 5) is 24.8. The number of benzene rings is 3. The van der Waals surface area contributed by atoms with Crippen LogP contribution in [0.1, 0.15) is 38.3 Å². The lowest BCUT2D eigenvalue weighted by atomic mass is 9.93. The first-order chi connectivity index (χ1) is 16.7. The number of aryl methyl sites for hydroxylation is 1. The number of hydrogen-bond acceptors (Lipinski definition) is 6. The Morgan fingerprint density at radius 1 is 0.914 bits per heavy atom. The summed E-state index contributed by atoms with van der Waals surface area (Å²) in [5.41, 5.74) is 1.47. The van der Waals surface area contributed by atoms with Gasteiger partial charge in [-0.25, -0.2) is 9.59 Å². The molecule has 1 saturated carbocycles. The van der Waals surface area contributed by atoms with Crippen LogP contribution in [0.5, 0.6) is 0 Å². The third kappa shape index (κ3) is 5.96. The first-order valence-electron chi connectivity index (χ1n) is 11.2. The van der Waals surface area contributed by atoms with Crippen molar-refractivity contribution >= 4 is 22.1 Å². The molecular weight excluding hydrogens is 468 g/mol. The van der Waals surface area contributed by atoms with Gasteiger partial charge in [0.25, 0.3) is 10.1 Å². The van der Waals surface area contributed by atoms with Crippen LogP contribution in [0, 0.1) is 18.3 Å². The van der Waals surface area contributed by atoms with Crippen molar-refractivity contribution in [3.8, 4) is 0 Å². The molecule has 0 amide bonds. The third-order valence-corrected chi connectivity index (χ3v) is 7.27. The zero-order chi connectivity index (χ0) is 25.1. The van der Waals surface area contributed by atoms with Gasteiger partial charge in [0.2, 0.25) is 0 Å². The molecule has 0 radical (unpaired) electrons. The van der Waals surface area contributed by atoms with E-state index in [1.54, 1.807) is 72.8 Å². The molecule has 1 aliphatic rings. The van der Waals surface area contributed by atoms with Crippen molar-refractivity contribution in [2.75, 3.05) is 13.2 Å². The molecule has 1 N–H and O–H groups in total. The topological polar surface area (TPSA) is 107 Å². The van der Waals surface area contributed by atoms with Crippen LogP contribution in [0.15, 0.2) is 83.8 Å². The van der Waals surface area contributed by atoms with E-state index in [1.165, 1.54) is 6.07 Å². The maximum atomic E-state index is 12.6. The van der Waals surface area contributed by atoms with Gasteiger partial charge in [-0.3, -0.25) is 4.55 Å². The first-order valence-corrected chi connectivity index (χ1v) is 12.6. The van der Waals surface area contributed by atoms with Gasteiger partial charge in [0.05, 0.1) is 29.2 Å². The highest BCUT2D eigenvalue weighted by atomic mass is 32.2. The second kappa shape index (κ2) is 10.0. The summed E-state index contributed by atoms with van der Waals surface area (Å²) in [5, 5.41) is 0. The number of carbonyl (C=O) groups is 2. The van der Waals surface area contributed by atoms with Gasteiger partial charge < -0.3 is 9.47 Å². The van der Waals surface area contributed by atoms with Crippen LogP contribution in [-0.4, -0.2) is 38.1 Å². The van der Waals surface area contributed by atoms with E-state index in [1.807, 2.05) is 6.92 Å². The maximum Gasteiger partial charge on any atom is 0.338 e. The summed E-state index contributed by atoms with van der Waals surface area (Å²) in [5.74, 6) is -1.09. The van der Waals surface area contributed by atoms with Gasteiger partial charge in [-0.15, -0.1) is 0 Å². The summed E-state index contributed by atoms with van der Waals surface area (Å²) < 4.78 is 44.8. The van der Waals surface area contributed by atoms with Gasteiger partial charge in [0.15, 0.2) is 0 Å². The smallest absolute Gasteiger partial charge is 0.338 e. The Morgan fingerprint density at radius 3 is 2.06 bits per heavy atom. The van der Waals surface area contributed by atoms with Crippen LogP contribution in [0.25, 0.3) is 0 Å². The van der Waals surface area contributed by atoms with E-state index in [9.17, 15) is 22.6 Å². The van der Waals surface area contributed by atoms with Crippen LogP contribution in [0.3, 0.4) is 0 Å². The normalized spacial score (nSPS) is 19.1.